The van der Waals surface area contributed by atoms with Crippen molar-refractivity contribution in [2.45, 2.75) is 111 Å². The highest BCUT2D eigenvalue weighted by Gasteiger charge is 2.68. The number of anilines is 1. The number of hydrogen-bond donors (Lipinski definition) is 2. The van der Waals surface area contributed by atoms with E-state index in [9.17, 15) is 48.2 Å². The summed E-state index contributed by atoms with van der Waals surface area (Å²) in [5.41, 5.74) is -4.45. The largest absolute Gasteiger partial charge is 0.435 e. The summed E-state index contributed by atoms with van der Waals surface area (Å²) >= 11 is 0. The van der Waals surface area contributed by atoms with Crippen LogP contribution >= 0.6 is 0 Å². The van der Waals surface area contributed by atoms with E-state index in [2.05, 4.69) is 42.9 Å². The second kappa shape index (κ2) is 16.0. The van der Waals surface area contributed by atoms with Gasteiger partial charge in [-0.05, 0) is 112 Å². The maximum absolute atomic E-state index is 16.0. The summed E-state index contributed by atoms with van der Waals surface area (Å²) in [5, 5.41) is 8.67. The minimum Gasteiger partial charge on any atom is -0.346 e. The molecule has 4 aliphatic carbocycles. The number of sulfone groups is 1. The first-order chi connectivity index (χ1) is 31.3. The number of benzene rings is 2. The van der Waals surface area contributed by atoms with Gasteiger partial charge in [-0.3, -0.25) is 18.9 Å². The van der Waals surface area contributed by atoms with Crippen molar-refractivity contribution in [3.63, 3.8) is 0 Å². The number of carbonyl (C=O) groups excluding carboxylic acids is 1. The van der Waals surface area contributed by atoms with E-state index in [0.717, 1.165) is 28.9 Å². The molecule has 23 heteroatoms. The smallest absolute Gasteiger partial charge is 0.346 e. The number of rotatable bonds is 14. The van der Waals surface area contributed by atoms with Gasteiger partial charge < -0.3 is 5.32 Å². The van der Waals surface area contributed by atoms with Crippen LogP contribution in [0.3, 0.4) is 0 Å². The van der Waals surface area contributed by atoms with Crippen LogP contribution in [0.2, 0.25) is 0 Å². The maximum atomic E-state index is 16.0. The molecule has 3 fully saturated rings. The Morgan fingerprint density at radius 1 is 0.940 bits per heavy atom. The molecule has 4 aliphatic rings. The first-order valence-corrected chi connectivity index (χ1v) is 24.3. The Labute approximate surface area is 376 Å². The van der Waals surface area contributed by atoms with Crippen LogP contribution in [0.15, 0.2) is 42.5 Å². The van der Waals surface area contributed by atoms with Gasteiger partial charge in [0.1, 0.15) is 46.7 Å². The lowest BCUT2D eigenvalue weighted by molar-refractivity contribution is -0.142. The fraction of sp³-hybridized carbons (Fsp3) is 0.432. The molecule has 0 spiro atoms. The van der Waals surface area contributed by atoms with Gasteiger partial charge in [-0.1, -0.05) is 5.92 Å². The van der Waals surface area contributed by atoms with Crippen LogP contribution in [-0.4, -0.2) is 70.6 Å². The van der Waals surface area contributed by atoms with Crippen molar-refractivity contribution in [3.8, 4) is 23.0 Å². The molecule has 5 aromatic rings. The van der Waals surface area contributed by atoms with Crippen LogP contribution in [0.25, 0.3) is 22.0 Å². The molecule has 0 aliphatic heterocycles. The lowest BCUT2D eigenvalue weighted by Gasteiger charge is -2.23. The van der Waals surface area contributed by atoms with E-state index in [0.29, 0.717) is 31.7 Å². The molecule has 3 aromatic heterocycles. The highest BCUT2D eigenvalue weighted by molar-refractivity contribution is 8.02. The number of alkyl halides is 7. The van der Waals surface area contributed by atoms with Crippen LogP contribution in [0.4, 0.5) is 49.7 Å². The predicted octanol–water partition coefficient (Wildman–Crippen LogP) is 8.22. The van der Waals surface area contributed by atoms with Crippen molar-refractivity contribution in [1.29, 1.82) is 0 Å². The molecule has 0 saturated heterocycles. The fourth-order valence-electron chi connectivity index (χ4n) is 8.80. The van der Waals surface area contributed by atoms with Gasteiger partial charge in [-0.15, -0.1) is 0 Å². The van der Waals surface area contributed by atoms with Gasteiger partial charge in [0.25, 0.3) is 12.3 Å². The Morgan fingerprint density at radius 3 is 2.22 bits per heavy atom. The van der Waals surface area contributed by atoms with Crippen LogP contribution in [0.1, 0.15) is 91.8 Å². The van der Waals surface area contributed by atoms with Crippen LogP contribution in [-0.2, 0) is 55.9 Å². The van der Waals surface area contributed by atoms with Crippen LogP contribution in [0, 0.1) is 35.2 Å². The van der Waals surface area contributed by atoms with Gasteiger partial charge in [0.15, 0.2) is 21.3 Å². The van der Waals surface area contributed by atoms with Gasteiger partial charge in [0, 0.05) is 43.6 Å². The monoisotopic (exact) mass is 983 g/mol. The van der Waals surface area contributed by atoms with E-state index in [1.807, 2.05) is 0 Å². The number of halogens is 10. The van der Waals surface area contributed by atoms with Gasteiger partial charge in [0.2, 0.25) is 5.91 Å². The standard InChI is InChI=1S/C44H39F10N7O4S2/c1-42(2,67(64,65)26-7-8-26)13-12-24-4-9-27(28-10-11-31(47)36-38(28)60(19-33(48)49)58-41(36)59-66(3,63)25-5-6-25)37(55-24)32(16-21-14-22(45)17-23(46)15-21)56-34(62)20-61-40-35(39(57-61)44(52,53)54)29-18-30(29)43(40,50)51/h4,9-11,14-15,17,25-26,29-30,32-33H,3,5-8,16,18-20H2,1-2H3,(H,56,62)(H,58,59,63)/t29-,30+,32-,66?/m0/s1. The van der Waals surface area contributed by atoms with Crippen molar-refractivity contribution in [3.05, 3.63) is 93.8 Å². The van der Waals surface area contributed by atoms with Gasteiger partial charge in [0.05, 0.1) is 27.9 Å². The number of carbonyl (C=O) groups is 1. The molecule has 3 saturated carbocycles. The van der Waals surface area contributed by atoms with E-state index in [1.165, 1.54) is 26.0 Å². The predicted molar refractivity (Wildman–Crippen MR) is 227 cm³/mol. The third kappa shape index (κ3) is 8.63. The van der Waals surface area contributed by atoms with Crippen LogP contribution in [0.5, 0.6) is 0 Å². The third-order valence-electron chi connectivity index (χ3n) is 12.4. The summed E-state index contributed by atoms with van der Waals surface area (Å²) in [7, 11) is -6.96. The molecule has 1 amide bonds. The number of amides is 1. The number of pyridine rings is 1. The molecular formula is C44H39F10N7O4S2. The summed E-state index contributed by atoms with van der Waals surface area (Å²) in [4.78, 5) is 18.8. The topological polar surface area (TPSA) is 141 Å². The zero-order valence-corrected chi connectivity index (χ0v) is 37.0. The maximum Gasteiger partial charge on any atom is 0.435 e. The second-order valence-electron chi connectivity index (χ2n) is 17.8. The molecule has 4 atom stereocenters. The van der Waals surface area contributed by atoms with Crippen molar-refractivity contribution < 1.29 is 61.3 Å². The van der Waals surface area contributed by atoms with E-state index in [-0.39, 0.29) is 44.7 Å². The minimum absolute atomic E-state index is 0.0898. The molecule has 0 bridgehead atoms. The second-order valence-corrected chi connectivity index (χ2v) is 22.9. The SMILES string of the molecule is C=S(=O)(Nc1nn(CC(F)F)c2c(-c3ccc(C#CC(C)(C)S(=O)(=O)C4CC4)nc3[C@H](Cc3cc(F)cc(F)c3)NC(=O)Cn3nc(C(F)(F)F)c4c3C(F)(F)[C@@H]3C[C@H]43)ccc(F)c12)C1CC1. The normalized spacial score (nSPS) is 20.2. The van der Waals surface area contributed by atoms with Crippen molar-refractivity contribution >= 4 is 48.0 Å². The van der Waals surface area contributed by atoms with E-state index in [1.54, 1.807) is 0 Å². The highest BCUT2D eigenvalue weighted by Crippen LogP contribution is 2.68. The molecule has 67 heavy (non-hydrogen) atoms. The Hall–Kier alpha value is -5.63. The average molecular weight is 984 g/mol. The van der Waals surface area contributed by atoms with E-state index in [4.69, 9.17) is 0 Å². The number of nitrogens with zero attached hydrogens (tertiary/aromatic N) is 5. The Balaban J connectivity index is 1.22. The summed E-state index contributed by atoms with van der Waals surface area (Å²) in [6, 6.07) is 5.41. The molecule has 9 rings (SSSR count). The van der Waals surface area contributed by atoms with E-state index >= 15 is 13.2 Å². The number of nitrogens with one attached hydrogen (secondary N) is 2. The zero-order valence-electron chi connectivity index (χ0n) is 35.3. The summed E-state index contributed by atoms with van der Waals surface area (Å²) < 4.78 is 190. The lowest BCUT2D eigenvalue weighted by Crippen LogP contribution is -2.35. The molecule has 0 radical (unpaired) electrons. The first-order valence-electron chi connectivity index (χ1n) is 21.0. The third-order valence-corrected chi connectivity index (χ3v) is 17.3. The van der Waals surface area contributed by atoms with Crippen LogP contribution < -0.4 is 10.0 Å². The lowest BCUT2D eigenvalue weighted by atomic mass is 9.93. The highest BCUT2D eigenvalue weighted by atomic mass is 32.2. The Morgan fingerprint density at radius 2 is 1.60 bits per heavy atom. The summed E-state index contributed by atoms with van der Waals surface area (Å²) in [5.74, 6) is -1.95. The van der Waals surface area contributed by atoms with Gasteiger partial charge in [-0.25, -0.2) is 39.6 Å². The van der Waals surface area contributed by atoms with Crippen molar-refractivity contribution in [2.75, 3.05) is 4.72 Å². The number of aromatic nitrogens is 5. The number of fused-ring (bicyclic) bond motifs is 4. The summed E-state index contributed by atoms with van der Waals surface area (Å²) in [6.45, 7) is 0.417. The average Bonchev–Trinajstić information content (AvgIpc) is 4.11. The van der Waals surface area contributed by atoms with E-state index < -0.39 is 142 Å². The molecule has 11 nitrogen and oxygen atoms in total. The van der Waals surface area contributed by atoms with Gasteiger partial charge >= 0.3 is 6.18 Å². The molecule has 2 N–H and O–H groups in total. The summed E-state index contributed by atoms with van der Waals surface area (Å²) in [6.07, 6.45) is -7.14. The zero-order chi connectivity index (χ0) is 48.3. The first kappa shape index (κ1) is 46.5. The fourth-order valence-corrected chi connectivity index (χ4v) is 12.1. The Kier molecular flexibility index (Phi) is 11.1. The van der Waals surface area contributed by atoms with Crippen molar-refractivity contribution in [1.82, 2.24) is 29.9 Å². The quantitative estimate of drug-likeness (QED) is 0.0650. The number of hydrogen-bond acceptors (Lipinski definition) is 7. The minimum atomic E-state index is -5.16. The van der Waals surface area contributed by atoms with Crippen molar-refractivity contribution in [2.24, 2.45) is 5.92 Å². The van der Waals surface area contributed by atoms with Gasteiger partial charge in [-0.2, -0.15) is 32.1 Å². The molecule has 3 heterocycles. The molecule has 2 aromatic carbocycles. The Bertz CT molecular complexity index is 3150. The molecular weight excluding hydrogens is 945 g/mol. The molecule has 1 unspecified atom stereocenters. The molecule has 356 valence electrons.